The number of para-hydroxylation sites is 2. The molecule has 2 amide bonds. The molecule has 0 saturated heterocycles. The molecule has 2 aromatic carbocycles. The van der Waals surface area contributed by atoms with Gasteiger partial charge in [-0.3, -0.25) is 9.59 Å². The molecule has 0 unspecified atom stereocenters. The highest BCUT2D eigenvalue weighted by Gasteiger charge is 2.27. The smallest absolute Gasteiger partial charge is 0.316 e. The van der Waals surface area contributed by atoms with E-state index < -0.39 is 11.8 Å². The number of fused-ring (bicyclic) bond motifs is 1. The lowest BCUT2D eigenvalue weighted by Crippen LogP contribution is -2.42. The van der Waals surface area contributed by atoms with Gasteiger partial charge in [0.15, 0.2) is 0 Å². The molecule has 0 saturated carbocycles. The van der Waals surface area contributed by atoms with Crippen LogP contribution >= 0.6 is 0 Å². The summed E-state index contributed by atoms with van der Waals surface area (Å²) in [5.74, 6) is -1.11. The summed E-state index contributed by atoms with van der Waals surface area (Å²) < 4.78 is 0. The second-order valence-corrected chi connectivity index (χ2v) is 5.01. The molecule has 21 heavy (non-hydrogen) atoms. The minimum absolute atomic E-state index is 0.508. The average molecular weight is 280 g/mol. The van der Waals surface area contributed by atoms with Gasteiger partial charge in [0.1, 0.15) is 0 Å². The molecule has 1 heterocycles. The molecule has 1 aliphatic heterocycles. The van der Waals surface area contributed by atoms with Gasteiger partial charge in [-0.05, 0) is 36.6 Å². The van der Waals surface area contributed by atoms with Crippen LogP contribution in [0.3, 0.4) is 0 Å². The molecule has 4 nitrogen and oxygen atoms in total. The van der Waals surface area contributed by atoms with Crippen molar-refractivity contribution in [1.82, 2.24) is 0 Å². The summed E-state index contributed by atoms with van der Waals surface area (Å²) in [6.45, 7) is 0.581. The van der Waals surface area contributed by atoms with Gasteiger partial charge in [-0.25, -0.2) is 0 Å². The topological polar surface area (TPSA) is 49.4 Å². The first-order valence-electron chi connectivity index (χ1n) is 7.01. The van der Waals surface area contributed by atoms with Crippen molar-refractivity contribution in [3.63, 3.8) is 0 Å². The second-order valence-electron chi connectivity index (χ2n) is 5.01. The van der Waals surface area contributed by atoms with E-state index in [2.05, 4.69) is 5.32 Å². The van der Waals surface area contributed by atoms with E-state index in [-0.39, 0.29) is 0 Å². The minimum atomic E-state index is -0.599. The van der Waals surface area contributed by atoms with Crippen molar-refractivity contribution in [1.29, 1.82) is 0 Å². The normalized spacial score (nSPS) is 13.4. The zero-order valence-electron chi connectivity index (χ0n) is 11.6. The number of aryl methyl sites for hydroxylation is 1. The first-order chi connectivity index (χ1) is 10.3. The lowest BCUT2D eigenvalue weighted by Gasteiger charge is -2.28. The fraction of sp³-hybridized carbons (Fsp3) is 0.176. The van der Waals surface area contributed by atoms with Gasteiger partial charge in [0.25, 0.3) is 0 Å². The highest BCUT2D eigenvalue weighted by molar-refractivity contribution is 6.44. The summed E-state index contributed by atoms with van der Waals surface area (Å²) >= 11 is 0. The maximum absolute atomic E-state index is 12.4. The Hall–Kier alpha value is -2.62. The van der Waals surface area contributed by atoms with Crippen LogP contribution < -0.4 is 10.2 Å². The quantitative estimate of drug-likeness (QED) is 0.816. The number of hydrogen-bond acceptors (Lipinski definition) is 2. The SMILES string of the molecule is O=C(Nc1ccccc1)C(=O)N1CCCc2ccccc21. The molecule has 0 fully saturated rings. The second kappa shape index (κ2) is 5.79. The van der Waals surface area contributed by atoms with Gasteiger partial charge >= 0.3 is 11.8 Å². The Morgan fingerprint density at radius 1 is 0.952 bits per heavy atom. The van der Waals surface area contributed by atoms with Crippen molar-refractivity contribution in [3.05, 3.63) is 60.2 Å². The Morgan fingerprint density at radius 3 is 2.48 bits per heavy atom. The molecule has 1 aliphatic rings. The number of carbonyl (C=O) groups excluding carboxylic acids is 2. The van der Waals surface area contributed by atoms with Gasteiger partial charge in [0.05, 0.1) is 0 Å². The van der Waals surface area contributed by atoms with Crippen LogP contribution in [0, 0.1) is 0 Å². The standard InChI is InChI=1S/C17H16N2O2/c20-16(18-14-9-2-1-3-10-14)17(21)19-12-6-8-13-7-4-5-11-15(13)19/h1-5,7,9-11H,6,8,12H2,(H,18,20). The predicted molar refractivity (Wildman–Crippen MR) is 82.2 cm³/mol. The van der Waals surface area contributed by atoms with Crippen LogP contribution in [0.5, 0.6) is 0 Å². The van der Waals surface area contributed by atoms with Crippen molar-refractivity contribution in [3.8, 4) is 0 Å². The van der Waals surface area contributed by atoms with Gasteiger partial charge in [-0.1, -0.05) is 36.4 Å². The lowest BCUT2D eigenvalue weighted by molar-refractivity contribution is -0.134. The first kappa shape index (κ1) is 13.4. The van der Waals surface area contributed by atoms with E-state index in [0.29, 0.717) is 12.2 Å². The van der Waals surface area contributed by atoms with E-state index >= 15 is 0 Å². The van der Waals surface area contributed by atoms with Crippen LogP contribution in [0.2, 0.25) is 0 Å². The molecule has 1 N–H and O–H groups in total. The molecule has 0 radical (unpaired) electrons. The monoisotopic (exact) mass is 280 g/mol. The maximum Gasteiger partial charge on any atom is 0.316 e. The summed E-state index contributed by atoms with van der Waals surface area (Å²) in [7, 11) is 0. The number of hydrogen-bond donors (Lipinski definition) is 1. The van der Waals surface area contributed by atoms with Crippen molar-refractivity contribution >= 4 is 23.2 Å². The van der Waals surface area contributed by atoms with E-state index in [1.165, 1.54) is 0 Å². The Morgan fingerprint density at radius 2 is 1.67 bits per heavy atom. The van der Waals surface area contributed by atoms with Gasteiger partial charge in [0.2, 0.25) is 0 Å². The maximum atomic E-state index is 12.4. The molecule has 4 heteroatoms. The molecule has 0 bridgehead atoms. The van der Waals surface area contributed by atoms with Crippen LogP contribution in [0.15, 0.2) is 54.6 Å². The Balaban J connectivity index is 1.78. The zero-order chi connectivity index (χ0) is 14.7. The summed E-state index contributed by atoms with van der Waals surface area (Å²) in [6, 6.07) is 16.7. The Labute approximate surface area is 123 Å². The summed E-state index contributed by atoms with van der Waals surface area (Å²) in [6.07, 6.45) is 1.82. The predicted octanol–water partition coefficient (Wildman–Crippen LogP) is 2.60. The van der Waals surface area contributed by atoms with Gasteiger partial charge in [0, 0.05) is 17.9 Å². The molecule has 3 rings (SSSR count). The van der Waals surface area contributed by atoms with Crippen LogP contribution in [-0.4, -0.2) is 18.4 Å². The Bertz CT molecular complexity index is 668. The fourth-order valence-electron chi connectivity index (χ4n) is 2.57. The number of nitrogens with one attached hydrogen (secondary N) is 1. The highest BCUT2D eigenvalue weighted by atomic mass is 16.2. The summed E-state index contributed by atoms with van der Waals surface area (Å²) in [5.41, 5.74) is 2.59. The number of amides is 2. The number of nitrogens with zero attached hydrogens (tertiary/aromatic N) is 1. The van der Waals surface area contributed by atoms with E-state index in [9.17, 15) is 9.59 Å². The molecule has 2 aromatic rings. The summed E-state index contributed by atoms with van der Waals surface area (Å²) in [5, 5.41) is 2.64. The third-order valence-corrected chi connectivity index (χ3v) is 3.58. The summed E-state index contributed by atoms with van der Waals surface area (Å²) in [4.78, 5) is 26.1. The third kappa shape index (κ3) is 2.79. The van der Waals surface area contributed by atoms with Crippen molar-refractivity contribution in [2.45, 2.75) is 12.8 Å². The first-order valence-corrected chi connectivity index (χ1v) is 7.01. The van der Waals surface area contributed by atoms with E-state index in [4.69, 9.17) is 0 Å². The van der Waals surface area contributed by atoms with E-state index in [1.807, 2.05) is 42.5 Å². The van der Waals surface area contributed by atoms with Crippen LogP contribution in [-0.2, 0) is 16.0 Å². The number of benzene rings is 2. The fourth-order valence-corrected chi connectivity index (χ4v) is 2.57. The molecule has 0 aliphatic carbocycles. The van der Waals surface area contributed by atoms with E-state index in [0.717, 1.165) is 24.1 Å². The number of carbonyl (C=O) groups is 2. The number of rotatable bonds is 1. The van der Waals surface area contributed by atoms with Crippen molar-refractivity contribution in [2.24, 2.45) is 0 Å². The van der Waals surface area contributed by atoms with Gasteiger partial charge in [-0.2, -0.15) is 0 Å². The van der Waals surface area contributed by atoms with Crippen LogP contribution in [0.4, 0.5) is 11.4 Å². The van der Waals surface area contributed by atoms with Crippen molar-refractivity contribution in [2.75, 3.05) is 16.8 Å². The highest BCUT2D eigenvalue weighted by Crippen LogP contribution is 2.26. The molecular weight excluding hydrogens is 264 g/mol. The van der Waals surface area contributed by atoms with Crippen molar-refractivity contribution < 1.29 is 9.59 Å². The molecule has 0 atom stereocenters. The third-order valence-electron chi connectivity index (χ3n) is 3.58. The molecule has 0 spiro atoms. The Kier molecular flexibility index (Phi) is 3.69. The van der Waals surface area contributed by atoms with E-state index in [1.54, 1.807) is 17.0 Å². The molecule has 0 aromatic heterocycles. The average Bonchev–Trinajstić information content (AvgIpc) is 2.54. The number of anilines is 2. The lowest BCUT2D eigenvalue weighted by atomic mass is 10.0. The minimum Gasteiger partial charge on any atom is -0.318 e. The molecular formula is C17H16N2O2. The van der Waals surface area contributed by atoms with Gasteiger partial charge in [-0.15, -0.1) is 0 Å². The zero-order valence-corrected chi connectivity index (χ0v) is 11.6. The molecule has 106 valence electrons. The van der Waals surface area contributed by atoms with Crippen LogP contribution in [0.25, 0.3) is 0 Å². The van der Waals surface area contributed by atoms with Crippen LogP contribution in [0.1, 0.15) is 12.0 Å². The van der Waals surface area contributed by atoms with Gasteiger partial charge < -0.3 is 10.2 Å². The largest absolute Gasteiger partial charge is 0.318 e.